The molecule has 0 aromatic carbocycles. The molecule has 2 spiro atoms. The van der Waals surface area contributed by atoms with Crippen molar-refractivity contribution in [1.82, 2.24) is 0 Å². The van der Waals surface area contributed by atoms with Crippen molar-refractivity contribution in [3.63, 3.8) is 0 Å². The van der Waals surface area contributed by atoms with Crippen LogP contribution < -0.4 is 0 Å². The van der Waals surface area contributed by atoms with Gasteiger partial charge in [0.15, 0.2) is 12.1 Å². The molecule has 5 aliphatic rings. The SMILES string of the molecule is C=C1C(=O)[C@]23C[C@H]1C[C@@H](O)[C@H]2[C@@]12CO[C@@H](O)[C@@H]1C(C)(C)[C@@H](O)C[C@@H]2OC3=O. The molecule has 7 heteroatoms. The predicted molar refractivity (Wildman–Crippen MR) is 91.0 cm³/mol. The van der Waals surface area contributed by atoms with E-state index in [2.05, 4.69) is 6.58 Å². The normalized spacial score (nSPS) is 55.6. The number of rotatable bonds is 0. The number of Topliss-reactive ketones (excluding diaryl/α,β-unsaturated/α-hetero) is 1. The first-order chi connectivity index (χ1) is 12.6. The van der Waals surface area contributed by atoms with Crippen LogP contribution in [0.4, 0.5) is 0 Å². The highest BCUT2D eigenvalue weighted by Gasteiger charge is 2.80. The summed E-state index contributed by atoms with van der Waals surface area (Å²) < 4.78 is 11.5. The summed E-state index contributed by atoms with van der Waals surface area (Å²) in [6, 6.07) is 0. The van der Waals surface area contributed by atoms with Gasteiger partial charge in [0.1, 0.15) is 11.5 Å². The van der Waals surface area contributed by atoms with Crippen molar-refractivity contribution < 1.29 is 34.4 Å². The van der Waals surface area contributed by atoms with Crippen LogP contribution in [0.25, 0.3) is 0 Å². The number of aliphatic hydroxyl groups is 3. The molecule has 27 heavy (non-hydrogen) atoms. The Morgan fingerprint density at radius 3 is 2.52 bits per heavy atom. The van der Waals surface area contributed by atoms with Gasteiger partial charge in [0.25, 0.3) is 0 Å². The molecule has 2 saturated heterocycles. The fraction of sp³-hybridized carbons (Fsp3) is 0.800. The second-order valence-corrected chi connectivity index (χ2v) is 9.77. The van der Waals surface area contributed by atoms with Gasteiger partial charge in [-0.1, -0.05) is 20.4 Å². The zero-order chi connectivity index (χ0) is 19.5. The first-order valence-corrected chi connectivity index (χ1v) is 9.69. The van der Waals surface area contributed by atoms with E-state index in [-0.39, 0.29) is 24.7 Å². The van der Waals surface area contributed by atoms with Gasteiger partial charge in [-0.15, -0.1) is 0 Å². The Morgan fingerprint density at radius 2 is 1.81 bits per heavy atom. The van der Waals surface area contributed by atoms with E-state index in [1.807, 2.05) is 13.8 Å². The average Bonchev–Trinajstić information content (AvgIpc) is 3.03. The summed E-state index contributed by atoms with van der Waals surface area (Å²) in [5.74, 6) is -2.47. The number of hydrogen-bond acceptors (Lipinski definition) is 7. The van der Waals surface area contributed by atoms with E-state index in [0.717, 1.165) is 0 Å². The number of carbonyl (C=O) groups excluding carboxylic acids is 2. The maximum Gasteiger partial charge on any atom is 0.320 e. The van der Waals surface area contributed by atoms with Crippen molar-refractivity contribution in [1.29, 1.82) is 0 Å². The molecule has 0 unspecified atom stereocenters. The summed E-state index contributed by atoms with van der Waals surface area (Å²) >= 11 is 0. The minimum atomic E-state index is -1.46. The molecule has 3 saturated carbocycles. The summed E-state index contributed by atoms with van der Waals surface area (Å²) in [6.07, 6.45) is -2.71. The second kappa shape index (κ2) is 5.00. The Labute approximate surface area is 157 Å². The Morgan fingerprint density at radius 1 is 1.11 bits per heavy atom. The maximum atomic E-state index is 13.2. The van der Waals surface area contributed by atoms with E-state index in [1.165, 1.54) is 0 Å². The molecule has 3 N–H and O–H groups in total. The third-order valence-corrected chi connectivity index (χ3v) is 8.46. The summed E-state index contributed by atoms with van der Waals surface area (Å²) in [4.78, 5) is 26.3. The van der Waals surface area contributed by atoms with Crippen molar-refractivity contribution in [2.45, 2.75) is 57.7 Å². The van der Waals surface area contributed by atoms with Gasteiger partial charge in [0.2, 0.25) is 0 Å². The molecule has 2 aliphatic heterocycles. The zero-order valence-electron chi connectivity index (χ0n) is 15.6. The van der Waals surface area contributed by atoms with E-state index in [9.17, 15) is 24.9 Å². The molecule has 3 aliphatic carbocycles. The van der Waals surface area contributed by atoms with Gasteiger partial charge in [-0.3, -0.25) is 9.59 Å². The van der Waals surface area contributed by atoms with Crippen LogP contribution in [0.2, 0.25) is 0 Å². The molecule has 5 fully saturated rings. The number of esters is 1. The average molecular weight is 378 g/mol. The molecular formula is C20H26O7. The number of aliphatic hydroxyl groups excluding tert-OH is 3. The number of ether oxygens (including phenoxy) is 2. The third kappa shape index (κ3) is 1.74. The van der Waals surface area contributed by atoms with Gasteiger partial charge in [0.05, 0.1) is 18.8 Å². The number of allylic oxidation sites excluding steroid dienone is 1. The van der Waals surface area contributed by atoms with Crippen molar-refractivity contribution in [2.75, 3.05) is 6.61 Å². The number of ketones is 1. The predicted octanol–water partition coefficient (Wildman–Crippen LogP) is 0.166. The van der Waals surface area contributed by atoms with Crippen molar-refractivity contribution in [2.24, 2.45) is 34.0 Å². The quantitative estimate of drug-likeness (QED) is 0.313. The van der Waals surface area contributed by atoms with Crippen molar-refractivity contribution in [3.8, 4) is 0 Å². The van der Waals surface area contributed by atoms with E-state index < -0.39 is 58.7 Å². The molecule has 2 bridgehead atoms. The first kappa shape index (κ1) is 17.8. The highest BCUT2D eigenvalue weighted by Crippen LogP contribution is 2.71. The lowest BCUT2D eigenvalue weighted by Crippen LogP contribution is -2.72. The molecule has 148 valence electrons. The van der Waals surface area contributed by atoms with E-state index in [0.29, 0.717) is 18.4 Å². The molecule has 9 atom stereocenters. The van der Waals surface area contributed by atoms with Crippen LogP contribution in [0.5, 0.6) is 0 Å². The van der Waals surface area contributed by atoms with E-state index in [1.54, 1.807) is 0 Å². The zero-order valence-corrected chi connectivity index (χ0v) is 15.6. The van der Waals surface area contributed by atoms with Crippen LogP contribution in [0, 0.1) is 34.0 Å². The molecule has 0 radical (unpaired) electrons. The number of hydrogen-bond donors (Lipinski definition) is 3. The minimum Gasteiger partial charge on any atom is -0.461 e. The standard InChI is InChI=1S/C20H26O7/c1-8-9-4-10(21)13-19(6-9,15(8)23)17(25)27-12-5-11(22)18(2,3)14-16(24)26-7-20(12,13)14/h9-14,16,21-22,24H,1,4-7H2,2-3H3/t9-,10-,11+,12+,13-,14-,16-,19+,20+/m1/s1. The van der Waals surface area contributed by atoms with Crippen LogP contribution in [0.3, 0.4) is 0 Å². The number of fused-ring (bicyclic) bond motifs is 1. The smallest absolute Gasteiger partial charge is 0.320 e. The molecular weight excluding hydrogens is 352 g/mol. The lowest BCUT2D eigenvalue weighted by molar-refractivity contribution is -0.267. The Kier molecular flexibility index (Phi) is 3.30. The monoisotopic (exact) mass is 378 g/mol. The highest BCUT2D eigenvalue weighted by atomic mass is 16.6. The lowest BCUT2D eigenvalue weighted by atomic mass is 9.43. The molecule has 7 nitrogen and oxygen atoms in total. The van der Waals surface area contributed by atoms with Gasteiger partial charge in [-0.2, -0.15) is 0 Å². The van der Waals surface area contributed by atoms with Crippen LogP contribution in [0.1, 0.15) is 33.1 Å². The van der Waals surface area contributed by atoms with Gasteiger partial charge < -0.3 is 24.8 Å². The fourth-order valence-corrected chi connectivity index (χ4v) is 7.29. The largest absolute Gasteiger partial charge is 0.461 e. The van der Waals surface area contributed by atoms with Gasteiger partial charge in [0, 0.05) is 23.7 Å². The maximum absolute atomic E-state index is 13.2. The van der Waals surface area contributed by atoms with Crippen LogP contribution in [0.15, 0.2) is 12.2 Å². The Hall–Kier alpha value is -1.28. The van der Waals surface area contributed by atoms with Gasteiger partial charge in [-0.05, 0) is 29.7 Å². The Bertz CT molecular complexity index is 759. The van der Waals surface area contributed by atoms with Crippen LogP contribution >= 0.6 is 0 Å². The lowest BCUT2D eigenvalue weighted by Gasteiger charge is -2.63. The summed E-state index contributed by atoms with van der Waals surface area (Å²) in [5.41, 5.74) is -2.72. The molecule has 2 heterocycles. The molecule has 5 rings (SSSR count). The summed E-state index contributed by atoms with van der Waals surface area (Å²) in [5, 5.41) is 32.5. The third-order valence-electron chi connectivity index (χ3n) is 8.46. The van der Waals surface area contributed by atoms with Crippen molar-refractivity contribution >= 4 is 11.8 Å². The van der Waals surface area contributed by atoms with Crippen molar-refractivity contribution in [3.05, 3.63) is 12.2 Å². The van der Waals surface area contributed by atoms with Crippen LogP contribution in [-0.2, 0) is 19.1 Å². The first-order valence-electron chi connectivity index (χ1n) is 9.69. The molecule has 0 aromatic rings. The summed E-state index contributed by atoms with van der Waals surface area (Å²) in [6.45, 7) is 7.68. The fourth-order valence-electron chi connectivity index (χ4n) is 7.29. The van der Waals surface area contributed by atoms with E-state index in [4.69, 9.17) is 9.47 Å². The summed E-state index contributed by atoms with van der Waals surface area (Å²) in [7, 11) is 0. The topological polar surface area (TPSA) is 113 Å². The second-order valence-electron chi connectivity index (χ2n) is 9.77. The minimum absolute atomic E-state index is 0.0842. The van der Waals surface area contributed by atoms with Gasteiger partial charge >= 0.3 is 5.97 Å². The van der Waals surface area contributed by atoms with Gasteiger partial charge in [-0.25, -0.2) is 0 Å². The van der Waals surface area contributed by atoms with Crippen LogP contribution in [-0.4, -0.2) is 58.3 Å². The Balaban J connectivity index is 1.75. The molecule has 0 amide bonds. The molecule has 0 aromatic heterocycles. The highest BCUT2D eigenvalue weighted by molar-refractivity contribution is 6.15. The number of carbonyl (C=O) groups is 2. The van der Waals surface area contributed by atoms with E-state index >= 15 is 0 Å².